The minimum atomic E-state index is -0.462. The highest BCUT2D eigenvalue weighted by molar-refractivity contribution is 5.03. The molecule has 0 fully saturated rings. The molecule has 0 aliphatic heterocycles. The molecule has 0 saturated carbocycles. The van der Waals surface area contributed by atoms with E-state index in [1.165, 1.54) is 0 Å². The van der Waals surface area contributed by atoms with Gasteiger partial charge in [0.05, 0.1) is 24.5 Å². The van der Waals surface area contributed by atoms with Gasteiger partial charge >= 0.3 is 0 Å². The molecule has 0 saturated heterocycles. The Morgan fingerprint density at radius 3 is 2.63 bits per heavy atom. The first-order chi connectivity index (χ1) is 8.80. The van der Waals surface area contributed by atoms with Gasteiger partial charge in [0, 0.05) is 31.9 Å². The summed E-state index contributed by atoms with van der Waals surface area (Å²) in [7, 11) is 1.91. The Balaban J connectivity index is 2.39. The summed E-state index contributed by atoms with van der Waals surface area (Å²) in [6.45, 7) is 10.7. The van der Waals surface area contributed by atoms with Gasteiger partial charge in [-0.15, -0.1) is 0 Å². The molecule has 5 heteroatoms. The smallest absolute Gasteiger partial charge is 0.0900 e. The Hall–Kier alpha value is -0.910. The van der Waals surface area contributed by atoms with E-state index in [4.69, 9.17) is 4.74 Å². The largest absolute Gasteiger partial charge is 0.389 e. The number of hydrogen-bond acceptors (Lipinski definition) is 4. The second-order valence-corrected chi connectivity index (χ2v) is 5.93. The molecular formula is C14H27N3O2. The second kappa shape index (κ2) is 7.03. The van der Waals surface area contributed by atoms with Crippen molar-refractivity contribution in [3.8, 4) is 0 Å². The normalized spacial score (nSPS) is 14.1. The molecular weight excluding hydrogens is 242 g/mol. The predicted molar refractivity (Wildman–Crippen MR) is 75.9 cm³/mol. The van der Waals surface area contributed by atoms with Crippen molar-refractivity contribution in [2.75, 3.05) is 19.7 Å². The number of aliphatic hydroxyl groups excluding tert-OH is 1. The fourth-order valence-electron chi connectivity index (χ4n) is 1.81. The number of hydrogen-bond donors (Lipinski definition) is 1. The van der Waals surface area contributed by atoms with E-state index in [-0.39, 0.29) is 5.60 Å². The third kappa shape index (κ3) is 6.71. The van der Waals surface area contributed by atoms with Crippen LogP contribution in [0.2, 0.25) is 0 Å². The quantitative estimate of drug-likeness (QED) is 0.813. The van der Waals surface area contributed by atoms with Gasteiger partial charge in [-0.25, -0.2) is 0 Å². The van der Waals surface area contributed by atoms with E-state index in [0.29, 0.717) is 13.2 Å². The van der Waals surface area contributed by atoms with E-state index in [0.717, 1.165) is 18.7 Å². The topological polar surface area (TPSA) is 50.5 Å². The Morgan fingerprint density at radius 1 is 1.47 bits per heavy atom. The number of aryl methyl sites for hydroxylation is 1. The number of likely N-dealkylation sites (N-methyl/N-ethyl adjacent to an activating group) is 1. The van der Waals surface area contributed by atoms with Crippen molar-refractivity contribution in [3.05, 3.63) is 18.0 Å². The minimum Gasteiger partial charge on any atom is -0.389 e. The number of ether oxygens (including phenoxy) is 1. The molecule has 1 atom stereocenters. The van der Waals surface area contributed by atoms with Gasteiger partial charge in [0.15, 0.2) is 0 Å². The third-order valence-electron chi connectivity index (χ3n) is 2.79. The molecule has 0 radical (unpaired) electrons. The van der Waals surface area contributed by atoms with Crippen LogP contribution in [-0.4, -0.2) is 51.2 Å². The molecule has 0 aliphatic carbocycles. The van der Waals surface area contributed by atoms with Crippen LogP contribution in [0, 0.1) is 0 Å². The maximum Gasteiger partial charge on any atom is 0.0900 e. The summed E-state index contributed by atoms with van der Waals surface area (Å²) in [5.74, 6) is 0. The van der Waals surface area contributed by atoms with Crippen LogP contribution in [0.15, 0.2) is 12.4 Å². The molecule has 0 amide bonds. The molecule has 0 aromatic carbocycles. The van der Waals surface area contributed by atoms with E-state index in [1.54, 1.807) is 4.68 Å². The molecule has 1 unspecified atom stereocenters. The molecule has 1 rings (SSSR count). The van der Waals surface area contributed by atoms with Crippen LogP contribution in [0.4, 0.5) is 0 Å². The van der Waals surface area contributed by atoms with Gasteiger partial charge in [-0.05, 0) is 27.3 Å². The lowest BCUT2D eigenvalue weighted by Gasteiger charge is -2.26. The first-order valence-electron chi connectivity index (χ1n) is 6.82. The number of rotatable bonds is 7. The average molecular weight is 269 g/mol. The predicted octanol–water partition coefficient (Wildman–Crippen LogP) is 1.42. The maximum atomic E-state index is 10.0. The molecule has 0 aliphatic rings. The molecule has 1 N–H and O–H groups in total. The average Bonchev–Trinajstić information content (AvgIpc) is 2.70. The molecule has 1 heterocycles. The fourth-order valence-corrected chi connectivity index (χ4v) is 1.81. The number of aliphatic hydroxyl groups is 1. The molecule has 1 aromatic heterocycles. The lowest BCUT2D eigenvalue weighted by molar-refractivity contribution is -0.0563. The zero-order chi connectivity index (χ0) is 14.5. The fraction of sp³-hybridized carbons (Fsp3) is 0.786. The maximum absolute atomic E-state index is 10.0. The summed E-state index contributed by atoms with van der Waals surface area (Å²) < 4.78 is 7.39. The van der Waals surface area contributed by atoms with Crippen LogP contribution in [-0.2, 0) is 18.3 Å². The Kier molecular flexibility index (Phi) is 5.97. The van der Waals surface area contributed by atoms with Crippen LogP contribution < -0.4 is 0 Å². The molecule has 110 valence electrons. The minimum absolute atomic E-state index is 0.207. The zero-order valence-corrected chi connectivity index (χ0v) is 12.8. The first-order valence-corrected chi connectivity index (χ1v) is 6.82. The summed E-state index contributed by atoms with van der Waals surface area (Å²) in [5.41, 5.74) is 0.953. The highest BCUT2D eigenvalue weighted by Crippen LogP contribution is 2.09. The lowest BCUT2D eigenvalue weighted by Crippen LogP contribution is -2.36. The van der Waals surface area contributed by atoms with Gasteiger partial charge in [0.25, 0.3) is 0 Å². The number of aromatic nitrogens is 2. The van der Waals surface area contributed by atoms with Crippen LogP contribution >= 0.6 is 0 Å². The van der Waals surface area contributed by atoms with Gasteiger partial charge in [-0.1, -0.05) is 6.92 Å². The molecule has 1 aromatic rings. The van der Waals surface area contributed by atoms with Crippen LogP contribution in [0.3, 0.4) is 0 Å². The molecule has 0 spiro atoms. The number of nitrogens with zero attached hydrogens (tertiary/aromatic N) is 3. The summed E-state index contributed by atoms with van der Waals surface area (Å²) in [6, 6.07) is 0. The lowest BCUT2D eigenvalue weighted by atomic mass is 10.2. The Morgan fingerprint density at radius 2 is 2.16 bits per heavy atom. The summed E-state index contributed by atoms with van der Waals surface area (Å²) in [6.07, 6.45) is 3.40. The van der Waals surface area contributed by atoms with Crippen molar-refractivity contribution in [2.24, 2.45) is 7.05 Å². The van der Waals surface area contributed by atoms with Crippen molar-refractivity contribution >= 4 is 0 Å². The van der Waals surface area contributed by atoms with Crippen molar-refractivity contribution in [3.63, 3.8) is 0 Å². The Labute approximate surface area is 116 Å². The third-order valence-corrected chi connectivity index (χ3v) is 2.79. The van der Waals surface area contributed by atoms with Gasteiger partial charge in [-0.2, -0.15) is 5.10 Å². The van der Waals surface area contributed by atoms with Crippen molar-refractivity contribution in [1.29, 1.82) is 0 Å². The standard InChI is InChI=1S/C14H27N3O2/c1-6-17(9-12-7-15-16(5)8-12)10-13(18)11-19-14(2,3)4/h7-8,13,18H,6,9-11H2,1-5H3. The van der Waals surface area contributed by atoms with Crippen molar-refractivity contribution in [1.82, 2.24) is 14.7 Å². The molecule has 0 bridgehead atoms. The van der Waals surface area contributed by atoms with Crippen LogP contribution in [0.5, 0.6) is 0 Å². The van der Waals surface area contributed by atoms with Gasteiger partial charge in [0.2, 0.25) is 0 Å². The van der Waals surface area contributed by atoms with Crippen molar-refractivity contribution < 1.29 is 9.84 Å². The van der Waals surface area contributed by atoms with Crippen LogP contribution in [0.25, 0.3) is 0 Å². The van der Waals surface area contributed by atoms with E-state index < -0.39 is 6.10 Å². The first kappa shape index (κ1) is 16.1. The van der Waals surface area contributed by atoms with Gasteiger partial charge in [0.1, 0.15) is 0 Å². The monoisotopic (exact) mass is 269 g/mol. The van der Waals surface area contributed by atoms with E-state index >= 15 is 0 Å². The second-order valence-electron chi connectivity index (χ2n) is 5.93. The van der Waals surface area contributed by atoms with Gasteiger partial charge < -0.3 is 9.84 Å². The van der Waals surface area contributed by atoms with Crippen molar-refractivity contribution in [2.45, 2.75) is 45.9 Å². The van der Waals surface area contributed by atoms with E-state index in [1.807, 2.05) is 40.2 Å². The van der Waals surface area contributed by atoms with Gasteiger partial charge in [-0.3, -0.25) is 9.58 Å². The SMILES string of the molecule is CCN(Cc1cnn(C)c1)CC(O)COC(C)(C)C. The molecule has 5 nitrogen and oxygen atoms in total. The summed E-state index contributed by atoms with van der Waals surface area (Å²) in [5, 5.41) is 14.2. The zero-order valence-electron chi connectivity index (χ0n) is 12.8. The highest BCUT2D eigenvalue weighted by atomic mass is 16.5. The summed E-state index contributed by atoms with van der Waals surface area (Å²) >= 11 is 0. The highest BCUT2D eigenvalue weighted by Gasteiger charge is 2.16. The Bertz CT molecular complexity index is 371. The summed E-state index contributed by atoms with van der Waals surface area (Å²) in [4.78, 5) is 2.19. The van der Waals surface area contributed by atoms with Crippen LogP contribution in [0.1, 0.15) is 33.3 Å². The molecule has 19 heavy (non-hydrogen) atoms. The van der Waals surface area contributed by atoms with E-state index in [9.17, 15) is 5.11 Å². The van der Waals surface area contributed by atoms with E-state index in [2.05, 4.69) is 16.9 Å².